The maximum absolute atomic E-state index is 13.5. The second-order valence-electron chi connectivity index (χ2n) is 6.61. The van der Waals surface area contributed by atoms with Gasteiger partial charge in [-0.05, 0) is 24.3 Å². The Bertz CT molecular complexity index is 887. The zero-order chi connectivity index (χ0) is 18.1. The van der Waals surface area contributed by atoms with Crippen molar-refractivity contribution < 1.29 is 14.0 Å². The number of nitrogens with one attached hydrogen (secondary N) is 1. The van der Waals surface area contributed by atoms with Crippen LogP contribution in [0.5, 0.6) is 0 Å². The molecule has 2 amide bonds. The highest BCUT2D eigenvalue weighted by molar-refractivity contribution is 6.46. The average Bonchev–Trinajstić information content (AvgIpc) is 2.98. The molecule has 0 bridgehead atoms. The number of hydrogen-bond acceptors (Lipinski definition) is 3. The second kappa shape index (κ2) is 6.37. The number of likely N-dealkylation sites (tertiary alicyclic amines) is 1. The van der Waals surface area contributed by atoms with Gasteiger partial charge in [0.1, 0.15) is 17.2 Å². The molecule has 2 heterocycles. The molecule has 1 spiro atoms. The zero-order valence-corrected chi connectivity index (χ0v) is 14.1. The summed E-state index contributed by atoms with van der Waals surface area (Å²) in [5.41, 5.74) is 0.684. The van der Waals surface area contributed by atoms with Gasteiger partial charge in [-0.3, -0.25) is 14.6 Å². The number of nitrogens with zero attached hydrogens (tertiary/aromatic N) is 2. The van der Waals surface area contributed by atoms with Crippen molar-refractivity contribution in [2.24, 2.45) is 4.99 Å². The molecule has 6 heteroatoms. The standard InChI is InChI=1S/C20H18FN3O2/c21-16-8-4-7-15(13-16)17-18(25)23-20(22-17)9-11-24(12-10-20)19(26)14-5-2-1-3-6-14/h1-8,13H,9-12H2,(H,23,25). The van der Waals surface area contributed by atoms with Crippen LogP contribution in [0.3, 0.4) is 0 Å². The largest absolute Gasteiger partial charge is 0.338 e. The predicted molar refractivity (Wildman–Crippen MR) is 95.4 cm³/mol. The van der Waals surface area contributed by atoms with E-state index >= 15 is 0 Å². The van der Waals surface area contributed by atoms with Gasteiger partial charge in [-0.1, -0.05) is 30.3 Å². The average molecular weight is 351 g/mol. The number of carbonyl (C=O) groups excluding carboxylic acids is 2. The van der Waals surface area contributed by atoms with Gasteiger partial charge in [0.15, 0.2) is 0 Å². The monoisotopic (exact) mass is 351 g/mol. The lowest BCUT2D eigenvalue weighted by molar-refractivity contribution is -0.115. The molecule has 5 nitrogen and oxygen atoms in total. The third-order valence-corrected chi connectivity index (χ3v) is 4.88. The van der Waals surface area contributed by atoms with Crippen LogP contribution in [0.4, 0.5) is 4.39 Å². The van der Waals surface area contributed by atoms with E-state index in [1.54, 1.807) is 29.2 Å². The van der Waals surface area contributed by atoms with Gasteiger partial charge >= 0.3 is 0 Å². The number of halogens is 1. The maximum Gasteiger partial charge on any atom is 0.272 e. The van der Waals surface area contributed by atoms with Gasteiger partial charge in [-0.2, -0.15) is 0 Å². The SMILES string of the molecule is O=C1NC2(CCN(C(=O)c3ccccc3)CC2)N=C1c1cccc(F)c1. The highest BCUT2D eigenvalue weighted by Gasteiger charge is 2.42. The smallest absolute Gasteiger partial charge is 0.272 e. The van der Waals surface area contributed by atoms with E-state index < -0.39 is 11.5 Å². The van der Waals surface area contributed by atoms with E-state index in [4.69, 9.17) is 0 Å². The molecule has 0 radical (unpaired) electrons. The van der Waals surface area contributed by atoms with Crippen molar-refractivity contribution in [1.29, 1.82) is 0 Å². The molecule has 2 aromatic carbocycles. The summed E-state index contributed by atoms with van der Waals surface area (Å²) in [4.78, 5) is 31.3. The summed E-state index contributed by atoms with van der Waals surface area (Å²) in [6, 6.07) is 15.0. The number of amides is 2. The summed E-state index contributed by atoms with van der Waals surface area (Å²) in [7, 11) is 0. The fraction of sp³-hybridized carbons (Fsp3) is 0.250. The zero-order valence-electron chi connectivity index (χ0n) is 14.1. The molecule has 1 saturated heterocycles. The maximum atomic E-state index is 13.5. The summed E-state index contributed by atoms with van der Waals surface area (Å²) in [5, 5.41) is 2.93. The van der Waals surface area contributed by atoms with E-state index in [0.29, 0.717) is 37.1 Å². The topological polar surface area (TPSA) is 61.8 Å². The lowest BCUT2D eigenvalue weighted by Crippen LogP contribution is -2.52. The number of carbonyl (C=O) groups is 2. The van der Waals surface area contributed by atoms with Crippen molar-refractivity contribution in [1.82, 2.24) is 10.2 Å². The number of hydrogen-bond donors (Lipinski definition) is 1. The quantitative estimate of drug-likeness (QED) is 0.903. The fourth-order valence-corrected chi connectivity index (χ4v) is 3.47. The van der Waals surface area contributed by atoms with Crippen LogP contribution in [0.15, 0.2) is 59.6 Å². The van der Waals surface area contributed by atoms with Crippen LogP contribution < -0.4 is 5.32 Å². The second-order valence-corrected chi connectivity index (χ2v) is 6.61. The van der Waals surface area contributed by atoms with Crippen molar-refractivity contribution in [3.05, 3.63) is 71.5 Å². The molecular formula is C20H18FN3O2. The Hall–Kier alpha value is -3.02. The van der Waals surface area contributed by atoms with Gasteiger partial charge in [0.2, 0.25) is 0 Å². The Morgan fingerprint density at radius 3 is 2.50 bits per heavy atom. The van der Waals surface area contributed by atoms with Crippen molar-refractivity contribution in [3.63, 3.8) is 0 Å². The van der Waals surface area contributed by atoms with Crippen molar-refractivity contribution >= 4 is 17.5 Å². The Kier molecular flexibility index (Phi) is 4.03. The first kappa shape index (κ1) is 16.4. The molecular weight excluding hydrogens is 333 g/mol. The number of piperidine rings is 1. The van der Waals surface area contributed by atoms with Crippen molar-refractivity contribution in [2.45, 2.75) is 18.5 Å². The molecule has 1 N–H and O–H groups in total. The molecule has 2 aliphatic heterocycles. The lowest BCUT2D eigenvalue weighted by atomic mass is 9.97. The Labute approximate surface area is 150 Å². The molecule has 132 valence electrons. The van der Waals surface area contributed by atoms with Crippen molar-refractivity contribution in [2.75, 3.05) is 13.1 Å². The number of benzene rings is 2. The Morgan fingerprint density at radius 2 is 1.81 bits per heavy atom. The van der Waals surface area contributed by atoms with E-state index in [9.17, 15) is 14.0 Å². The van der Waals surface area contributed by atoms with Crippen LogP contribution >= 0.6 is 0 Å². The Morgan fingerprint density at radius 1 is 1.08 bits per heavy atom. The first-order valence-corrected chi connectivity index (χ1v) is 8.59. The van der Waals surface area contributed by atoms with E-state index in [1.807, 2.05) is 18.2 Å². The van der Waals surface area contributed by atoms with E-state index in [1.165, 1.54) is 12.1 Å². The van der Waals surface area contributed by atoms with Crippen LogP contribution in [-0.4, -0.2) is 41.2 Å². The summed E-state index contributed by atoms with van der Waals surface area (Å²) >= 11 is 0. The van der Waals surface area contributed by atoms with Crippen molar-refractivity contribution in [3.8, 4) is 0 Å². The van der Waals surface area contributed by atoms with E-state index in [-0.39, 0.29) is 17.5 Å². The first-order valence-electron chi connectivity index (χ1n) is 8.59. The van der Waals surface area contributed by atoms with E-state index in [0.717, 1.165) is 0 Å². The van der Waals surface area contributed by atoms with Crippen LogP contribution in [0.1, 0.15) is 28.8 Å². The summed E-state index contributed by atoms with van der Waals surface area (Å²) in [6.07, 6.45) is 1.08. The molecule has 0 atom stereocenters. The molecule has 4 rings (SSSR count). The number of aliphatic imine (C=N–C) groups is 1. The van der Waals surface area contributed by atoms with Gasteiger partial charge in [0.05, 0.1) is 0 Å². The van der Waals surface area contributed by atoms with Crippen LogP contribution in [0.25, 0.3) is 0 Å². The normalized spacial score (nSPS) is 18.6. The fourth-order valence-electron chi connectivity index (χ4n) is 3.47. The third kappa shape index (κ3) is 2.98. The minimum Gasteiger partial charge on any atom is -0.338 e. The lowest BCUT2D eigenvalue weighted by Gasteiger charge is -2.37. The first-order chi connectivity index (χ1) is 12.6. The van der Waals surface area contributed by atoms with Gasteiger partial charge in [-0.25, -0.2) is 4.39 Å². The third-order valence-electron chi connectivity index (χ3n) is 4.88. The molecule has 2 aliphatic rings. The molecule has 1 fully saturated rings. The summed E-state index contributed by atoms with van der Waals surface area (Å²) < 4.78 is 13.5. The Balaban J connectivity index is 1.50. The van der Waals surface area contributed by atoms with Gasteiger partial charge in [0.25, 0.3) is 11.8 Å². The minimum atomic E-state index is -0.702. The molecule has 0 aliphatic carbocycles. The highest BCUT2D eigenvalue weighted by atomic mass is 19.1. The highest BCUT2D eigenvalue weighted by Crippen LogP contribution is 2.29. The summed E-state index contributed by atoms with van der Waals surface area (Å²) in [5.74, 6) is -0.709. The van der Waals surface area contributed by atoms with Gasteiger partial charge in [0, 0.05) is 37.1 Å². The van der Waals surface area contributed by atoms with Crippen LogP contribution in [0.2, 0.25) is 0 Å². The summed E-state index contributed by atoms with van der Waals surface area (Å²) in [6.45, 7) is 1.02. The number of rotatable bonds is 2. The molecule has 26 heavy (non-hydrogen) atoms. The van der Waals surface area contributed by atoms with Crippen LogP contribution in [0, 0.1) is 5.82 Å². The van der Waals surface area contributed by atoms with E-state index in [2.05, 4.69) is 10.3 Å². The minimum absolute atomic E-state index is 0.0147. The van der Waals surface area contributed by atoms with Gasteiger partial charge < -0.3 is 10.2 Å². The molecule has 0 unspecified atom stereocenters. The molecule has 0 aromatic heterocycles. The molecule has 0 saturated carbocycles. The van der Waals surface area contributed by atoms with Crippen LogP contribution in [-0.2, 0) is 4.79 Å². The predicted octanol–water partition coefficient (Wildman–Crippen LogP) is 2.38. The van der Waals surface area contributed by atoms with Gasteiger partial charge in [-0.15, -0.1) is 0 Å². The molecule has 2 aromatic rings.